The standard InChI is InChI=1S/C14H19BrN2O2/c1-2-5-16-6-8-17(9-7-16)13-10-11(15)3-4-12(13)14(18)19/h3-4,10H,2,5-9H2,1H3,(H,18,19). The van der Waals surface area contributed by atoms with Crippen molar-refractivity contribution in [3.05, 3.63) is 28.2 Å². The number of anilines is 1. The summed E-state index contributed by atoms with van der Waals surface area (Å²) in [5, 5.41) is 9.27. The Kier molecular flexibility index (Phi) is 4.82. The minimum atomic E-state index is -0.863. The van der Waals surface area contributed by atoms with E-state index in [1.165, 1.54) is 0 Å². The highest BCUT2D eigenvalue weighted by molar-refractivity contribution is 9.10. The highest BCUT2D eigenvalue weighted by Crippen LogP contribution is 2.26. The SMILES string of the molecule is CCCN1CCN(c2cc(Br)ccc2C(=O)O)CC1. The Morgan fingerprint density at radius 2 is 2.00 bits per heavy atom. The number of carboxylic acid groups (broad SMARTS) is 1. The monoisotopic (exact) mass is 326 g/mol. The molecule has 2 rings (SSSR count). The molecule has 19 heavy (non-hydrogen) atoms. The van der Waals surface area contributed by atoms with Crippen LogP contribution in [0.3, 0.4) is 0 Å². The summed E-state index contributed by atoms with van der Waals surface area (Å²) in [6, 6.07) is 5.35. The Labute approximate surface area is 122 Å². The minimum absolute atomic E-state index is 0.382. The van der Waals surface area contributed by atoms with Crippen molar-refractivity contribution >= 4 is 27.6 Å². The number of benzene rings is 1. The van der Waals surface area contributed by atoms with E-state index in [-0.39, 0.29) is 0 Å². The van der Waals surface area contributed by atoms with E-state index in [9.17, 15) is 9.90 Å². The van der Waals surface area contributed by atoms with Crippen molar-refractivity contribution in [3.8, 4) is 0 Å². The zero-order valence-corrected chi connectivity index (χ0v) is 12.7. The second-order valence-electron chi connectivity index (χ2n) is 4.80. The molecule has 104 valence electrons. The molecule has 5 heteroatoms. The summed E-state index contributed by atoms with van der Waals surface area (Å²) >= 11 is 3.42. The zero-order valence-electron chi connectivity index (χ0n) is 11.1. The fraction of sp³-hybridized carbons (Fsp3) is 0.500. The van der Waals surface area contributed by atoms with Crippen LogP contribution in [0.15, 0.2) is 22.7 Å². The van der Waals surface area contributed by atoms with Gasteiger partial charge in [-0.05, 0) is 31.2 Å². The number of aromatic carboxylic acids is 1. The van der Waals surface area contributed by atoms with Crippen LogP contribution in [0.1, 0.15) is 23.7 Å². The largest absolute Gasteiger partial charge is 0.478 e. The molecule has 1 aliphatic heterocycles. The second-order valence-corrected chi connectivity index (χ2v) is 5.71. The molecule has 0 saturated carbocycles. The third kappa shape index (κ3) is 3.48. The first-order chi connectivity index (χ1) is 9.11. The summed E-state index contributed by atoms with van der Waals surface area (Å²) in [7, 11) is 0. The van der Waals surface area contributed by atoms with Gasteiger partial charge in [0, 0.05) is 30.7 Å². The van der Waals surface area contributed by atoms with Gasteiger partial charge in [-0.25, -0.2) is 4.79 Å². The van der Waals surface area contributed by atoms with Crippen LogP contribution in [-0.2, 0) is 0 Å². The topological polar surface area (TPSA) is 43.8 Å². The molecule has 1 aliphatic rings. The molecule has 0 atom stereocenters. The maximum absolute atomic E-state index is 11.3. The molecule has 0 spiro atoms. The quantitative estimate of drug-likeness (QED) is 0.923. The number of nitrogens with zero attached hydrogens (tertiary/aromatic N) is 2. The third-order valence-electron chi connectivity index (χ3n) is 3.44. The Hall–Kier alpha value is -1.07. The van der Waals surface area contributed by atoms with Gasteiger partial charge in [0.2, 0.25) is 0 Å². The normalized spacial score (nSPS) is 16.6. The third-order valence-corrected chi connectivity index (χ3v) is 3.94. The average molecular weight is 327 g/mol. The van der Waals surface area contributed by atoms with Gasteiger partial charge in [0.15, 0.2) is 0 Å². The summed E-state index contributed by atoms with van der Waals surface area (Å²) < 4.78 is 0.920. The number of rotatable bonds is 4. The van der Waals surface area contributed by atoms with Gasteiger partial charge in [0.25, 0.3) is 0 Å². The van der Waals surface area contributed by atoms with Gasteiger partial charge in [0.1, 0.15) is 0 Å². The Bertz CT molecular complexity index is 457. The summed E-state index contributed by atoms with van der Waals surface area (Å²) in [6.07, 6.45) is 1.16. The van der Waals surface area contributed by atoms with Crippen molar-refractivity contribution in [2.45, 2.75) is 13.3 Å². The number of halogens is 1. The molecule has 1 heterocycles. The highest BCUT2D eigenvalue weighted by atomic mass is 79.9. The van der Waals surface area contributed by atoms with Crippen LogP contribution in [0, 0.1) is 0 Å². The van der Waals surface area contributed by atoms with E-state index in [1.807, 2.05) is 6.07 Å². The number of piperazine rings is 1. The Morgan fingerprint density at radius 1 is 1.32 bits per heavy atom. The van der Waals surface area contributed by atoms with Crippen LogP contribution in [-0.4, -0.2) is 48.7 Å². The van der Waals surface area contributed by atoms with Gasteiger partial charge in [-0.2, -0.15) is 0 Å². The molecule has 1 aromatic carbocycles. The van der Waals surface area contributed by atoms with E-state index in [1.54, 1.807) is 12.1 Å². The van der Waals surface area contributed by atoms with E-state index < -0.39 is 5.97 Å². The van der Waals surface area contributed by atoms with Gasteiger partial charge < -0.3 is 10.0 Å². The molecule has 0 bridgehead atoms. The molecule has 1 N–H and O–H groups in total. The molecule has 0 aromatic heterocycles. The van der Waals surface area contributed by atoms with Gasteiger partial charge >= 0.3 is 5.97 Å². The van der Waals surface area contributed by atoms with Gasteiger partial charge in [0.05, 0.1) is 11.3 Å². The predicted molar refractivity (Wildman–Crippen MR) is 80.0 cm³/mol. The molecule has 0 unspecified atom stereocenters. The van der Waals surface area contributed by atoms with Crippen LogP contribution in [0.2, 0.25) is 0 Å². The highest BCUT2D eigenvalue weighted by Gasteiger charge is 2.21. The molecule has 0 radical (unpaired) electrons. The zero-order chi connectivity index (χ0) is 13.8. The van der Waals surface area contributed by atoms with Crippen LogP contribution in [0.5, 0.6) is 0 Å². The van der Waals surface area contributed by atoms with E-state index in [0.717, 1.165) is 49.3 Å². The minimum Gasteiger partial charge on any atom is -0.478 e. The Morgan fingerprint density at radius 3 is 2.58 bits per heavy atom. The average Bonchev–Trinajstić information content (AvgIpc) is 2.39. The van der Waals surface area contributed by atoms with Crippen molar-refractivity contribution in [1.29, 1.82) is 0 Å². The second kappa shape index (κ2) is 6.39. The molecular formula is C14H19BrN2O2. The lowest BCUT2D eigenvalue weighted by atomic mass is 10.1. The predicted octanol–water partition coefficient (Wildman–Crippen LogP) is 2.68. The first kappa shape index (κ1) is 14.3. The van der Waals surface area contributed by atoms with Crippen molar-refractivity contribution < 1.29 is 9.90 Å². The molecule has 1 saturated heterocycles. The van der Waals surface area contributed by atoms with Gasteiger partial charge in [-0.1, -0.05) is 22.9 Å². The lowest BCUT2D eigenvalue weighted by Gasteiger charge is -2.36. The van der Waals surface area contributed by atoms with Crippen LogP contribution < -0.4 is 4.90 Å². The molecule has 0 amide bonds. The summed E-state index contributed by atoms with van der Waals surface area (Å²) in [6.45, 7) is 7.08. The van der Waals surface area contributed by atoms with Crippen molar-refractivity contribution in [2.75, 3.05) is 37.6 Å². The summed E-state index contributed by atoms with van der Waals surface area (Å²) in [4.78, 5) is 15.9. The smallest absolute Gasteiger partial charge is 0.337 e. The maximum Gasteiger partial charge on any atom is 0.337 e. The molecular weight excluding hydrogens is 308 g/mol. The van der Waals surface area contributed by atoms with Crippen LogP contribution in [0.25, 0.3) is 0 Å². The first-order valence-corrected chi connectivity index (χ1v) is 7.41. The molecule has 1 aromatic rings. The lowest BCUT2D eigenvalue weighted by molar-refractivity contribution is 0.0697. The number of carbonyl (C=O) groups is 1. The fourth-order valence-electron chi connectivity index (χ4n) is 2.48. The fourth-order valence-corrected chi connectivity index (χ4v) is 2.82. The number of hydrogen-bond acceptors (Lipinski definition) is 3. The Balaban J connectivity index is 2.14. The number of carboxylic acids is 1. The molecule has 0 aliphatic carbocycles. The molecule has 1 fully saturated rings. The van der Waals surface area contributed by atoms with E-state index in [2.05, 4.69) is 32.7 Å². The van der Waals surface area contributed by atoms with Gasteiger partial charge in [-0.3, -0.25) is 4.90 Å². The van der Waals surface area contributed by atoms with Crippen molar-refractivity contribution in [1.82, 2.24) is 4.90 Å². The lowest BCUT2D eigenvalue weighted by Crippen LogP contribution is -2.47. The van der Waals surface area contributed by atoms with Gasteiger partial charge in [-0.15, -0.1) is 0 Å². The number of hydrogen-bond donors (Lipinski definition) is 1. The van der Waals surface area contributed by atoms with Crippen LogP contribution in [0.4, 0.5) is 5.69 Å². The summed E-state index contributed by atoms with van der Waals surface area (Å²) in [5.41, 5.74) is 1.20. The van der Waals surface area contributed by atoms with Crippen LogP contribution >= 0.6 is 15.9 Å². The first-order valence-electron chi connectivity index (χ1n) is 6.62. The van der Waals surface area contributed by atoms with Crippen molar-refractivity contribution in [2.24, 2.45) is 0 Å². The van der Waals surface area contributed by atoms with E-state index in [4.69, 9.17) is 0 Å². The molecule has 4 nitrogen and oxygen atoms in total. The summed E-state index contributed by atoms with van der Waals surface area (Å²) in [5.74, 6) is -0.863. The maximum atomic E-state index is 11.3. The van der Waals surface area contributed by atoms with Crippen molar-refractivity contribution in [3.63, 3.8) is 0 Å². The van der Waals surface area contributed by atoms with E-state index >= 15 is 0 Å². The van der Waals surface area contributed by atoms with E-state index in [0.29, 0.717) is 5.56 Å².